The molecule has 2 heterocycles. The third kappa shape index (κ3) is 1.68. The molecule has 0 N–H and O–H groups in total. The Morgan fingerprint density at radius 3 is 2.35 bits per heavy atom. The zero-order chi connectivity index (χ0) is 12.7. The lowest BCUT2D eigenvalue weighted by Crippen LogP contribution is -2.28. The van der Waals surface area contributed by atoms with Gasteiger partial charge in [0.05, 0.1) is 0 Å². The third-order valence-electron chi connectivity index (χ3n) is 3.12. The number of rotatable bonds is 2. The summed E-state index contributed by atoms with van der Waals surface area (Å²) in [6.07, 6.45) is 3.67. The van der Waals surface area contributed by atoms with E-state index in [1.54, 1.807) is 17.8 Å². The fourth-order valence-corrected chi connectivity index (χ4v) is 2.37. The Balaban J connectivity index is 3.00. The van der Waals surface area contributed by atoms with Gasteiger partial charge in [-0.1, -0.05) is 27.7 Å². The Morgan fingerprint density at radius 1 is 1.18 bits per heavy atom. The van der Waals surface area contributed by atoms with Crippen LogP contribution < -0.4 is 5.56 Å². The van der Waals surface area contributed by atoms with Crippen molar-refractivity contribution in [2.24, 2.45) is 7.05 Å². The van der Waals surface area contributed by atoms with Gasteiger partial charge in [0.25, 0.3) is 5.56 Å². The zero-order valence-corrected chi connectivity index (χ0v) is 11.1. The van der Waals surface area contributed by atoms with Crippen LogP contribution in [0.3, 0.4) is 0 Å². The van der Waals surface area contributed by atoms with Crippen molar-refractivity contribution in [2.45, 2.75) is 39.5 Å². The van der Waals surface area contributed by atoms with Crippen molar-refractivity contribution in [2.75, 3.05) is 0 Å². The molecule has 2 aromatic rings. The fourth-order valence-electron chi connectivity index (χ4n) is 2.37. The van der Waals surface area contributed by atoms with Crippen LogP contribution in [0.5, 0.6) is 0 Å². The van der Waals surface area contributed by atoms with Crippen LogP contribution in [0.4, 0.5) is 0 Å². The first kappa shape index (κ1) is 11.9. The molecule has 0 saturated carbocycles. The maximum absolute atomic E-state index is 12.4. The standard InChI is InChI=1S/C13H19N3O/c1-8(2)10-11(9(3)4)16-7-6-14-13(16)15(5)12(10)17/h6-9H,1-5H3. The molecule has 0 spiro atoms. The maximum Gasteiger partial charge on any atom is 0.258 e. The molecule has 0 fully saturated rings. The molecule has 0 radical (unpaired) electrons. The van der Waals surface area contributed by atoms with Crippen molar-refractivity contribution < 1.29 is 0 Å². The van der Waals surface area contributed by atoms with Gasteiger partial charge in [-0.3, -0.25) is 13.8 Å². The molecule has 0 unspecified atom stereocenters. The van der Waals surface area contributed by atoms with E-state index in [1.165, 1.54) is 0 Å². The summed E-state index contributed by atoms with van der Waals surface area (Å²) in [5, 5.41) is 0. The molecule has 4 nitrogen and oxygen atoms in total. The molecule has 0 aliphatic heterocycles. The molecular formula is C13H19N3O. The van der Waals surface area contributed by atoms with E-state index in [-0.39, 0.29) is 11.5 Å². The van der Waals surface area contributed by atoms with E-state index in [4.69, 9.17) is 0 Å². The van der Waals surface area contributed by atoms with Crippen molar-refractivity contribution >= 4 is 5.78 Å². The van der Waals surface area contributed by atoms with E-state index in [9.17, 15) is 4.79 Å². The van der Waals surface area contributed by atoms with Crippen LogP contribution in [0, 0.1) is 0 Å². The molecule has 0 aliphatic carbocycles. The molecule has 92 valence electrons. The molecule has 0 saturated heterocycles. The second kappa shape index (κ2) is 4.02. The van der Waals surface area contributed by atoms with Crippen molar-refractivity contribution in [3.05, 3.63) is 34.0 Å². The highest BCUT2D eigenvalue weighted by atomic mass is 16.1. The second-order valence-corrected chi connectivity index (χ2v) is 5.07. The Hall–Kier alpha value is -1.58. The van der Waals surface area contributed by atoms with Gasteiger partial charge in [0, 0.05) is 30.7 Å². The molecule has 17 heavy (non-hydrogen) atoms. The Labute approximate surface area is 101 Å². The van der Waals surface area contributed by atoms with Gasteiger partial charge in [0.1, 0.15) is 0 Å². The summed E-state index contributed by atoms with van der Waals surface area (Å²) >= 11 is 0. The van der Waals surface area contributed by atoms with Gasteiger partial charge in [-0.15, -0.1) is 0 Å². The highest BCUT2D eigenvalue weighted by Gasteiger charge is 2.20. The molecule has 0 amide bonds. The average molecular weight is 233 g/mol. The van der Waals surface area contributed by atoms with Crippen LogP contribution >= 0.6 is 0 Å². The first-order valence-electron chi connectivity index (χ1n) is 6.01. The van der Waals surface area contributed by atoms with Crippen molar-refractivity contribution in [3.8, 4) is 0 Å². The molecule has 0 bridgehead atoms. The van der Waals surface area contributed by atoms with Crippen LogP contribution in [-0.4, -0.2) is 14.0 Å². The van der Waals surface area contributed by atoms with Crippen LogP contribution in [0.15, 0.2) is 17.2 Å². The molecule has 0 aliphatic rings. The molecule has 2 aromatic heterocycles. The third-order valence-corrected chi connectivity index (χ3v) is 3.12. The lowest BCUT2D eigenvalue weighted by Gasteiger charge is -2.18. The number of aromatic nitrogens is 3. The highest BCUT2D eigenvalue weighted by Crippen LogP contribution is 2.23. The quantitative estimate of drug-likeness (QED) is 0.798. The minimum Gasteiger partial charge on any atom is -0.289 e. The van der Waals surface area contributed by atoms with E-state index in [1.807, 2.05) is 10.6 Å². The number of hydrogen-bond donors (Lipinski definition) is 0. The van der Waals surface area contributed by atoms with Crippen molar-refractivity contribution in [1.29, 1.82) is 0 Å². The van der Waals surface area contributed by atoms with Crippen LogP contribution in [-0.2, 0) is 7.05 Å². The van der Waals surface area contributed by atoms with Gasteiger partial charge in [-0.25, -0.2) is 4.98 Å². The summed E-state index contributed by atoms with van der Waals surface area (Å²) in [4.78, 5) is 16.6. The molecule has 0 atom stereocenters. The summed E-state index contributed by atoms with van der Waals surface area (Å²) < 4.78 is 3.66. The SMILES string of the molecule is CC(C)c1c(C(C)C)n2ccnc2n(C)c1=O. The first-order chi connectivity index (χ1) is 7.95. The summed E-state index contributed by atoms with van der Waals surface area (Å²) in [5.74, 6) is 1.24. The van der Waals surface area contributed by atoms with Gasteiger partial charge in [0.2, 0.25) is 5.78 Å². The predicted octanol–water partition coefficient (Wildman–Crippen LogP) is 2.28. The smallest absolute Gasteiger partial charge is 0.258 e. The topological polar surface area (TPSA) is 39.3 Å². The molecule has 4 heteroatoms. The first-order valence-corrected chi connectivity index (χ1v) is 6.01. The number of nitrogens with zero attached hydrogens (tertiary/aromatic N) is 3. The average Bonchev–Trinajstić information content (AvgIpc) is 2.70. The minimum atomic E-state index is 0.0717. The zero-order valence-electron chi connectivity index (χ0n) is 11.1. The molecule has 0 aromatic carbocycles. The van der Waals surface area contributed by atoms with Gasteiger partial charge < -0.3 is 0 Å². The van der Waals surface area contributed by atoms with E-state index in [0.29, 0.717) is 11.7 Å². The van der Waals surface area contributed by atoms with Gasteiger partial charge >= 0.3 is 0 Å². The summed E-state index contributed by atoms with van der Waals surface area (Å²) in [7, 11) is 1.78. The number of imidazole rings is 1. The highest BCUT2D eigenvalue weighted by molar-refractivity contribution is 5.38. The van der Waals surface area contributed by atoms with Crippen molar-refractivity contribution in [3.63, 3.8) is 0 Å². The number of hydrogen-bond acceptors (Lipinski definition) is 2. The van der Waals surface area contributed by atoms with E-state index in [0.717, 1.165) is 11.3 Å². The second-order valence-electron chi connectivity index (χ2n) is 5.07. The predicted molar refractivity (Wildman–Crippen MR) is 68.6 cm³/mol. The van der Waals surface area contributed by atoms with E-state index < -0.39 is 0 Å². The normalized spacial score (nSPS) is 11.9. The van der Waals surface area contributed by atoms with Gasteiger partial charge in [-0.2, -0.15) is 0 Å². The van der Waals surface area contributed by atoms with Crippen LogP contribution in [0.25, 0.3) is 5.78 Å². The summed E-state index contributed by atoms with van der Waals surface area (Å²) in [6, 6.07) is 0. The van der Waals surface area contributed by atoms with E-state index in [2.05, 4.69) is 32.7 Å². The van der Waals surface area contributed by atoms with E-state index >= 15 is 0 Å². The Bertz CT molecular complexity index is 605. The Morgan fingerprint density at radius 2 is 1.82 bits per heavy atom. The number of aryl methyl sites for hydroxylation is 1. The lowest BCUT2D eigenvalue weighted by molar-refractivity contribution is 0.690. The summed E-state index contributed by atoms with van der Waals surface area (Å²) in [5.41, 5.74) is 2.05. The maximum atomic E-state index is 12.4. The Kier molecular flexibility index (Phi) is 2.81. The van der Waals surface area contributed by atoms with Crippen LogP contribution in [0.2, 0.25) is 0 Å². The number of fused-ring (bicyclic) bond motifs is 1. The molecular weight excluding hydrogens is 214 g/mol. The largest absolute Gasteiger partial charge is 0.289 e. The molecule has 2 rings (SSSR count). The summed E-state index contributed by atoms with van der Waals surface area (Å²) in [6.45, 7) is 8.34. The lowest BCUT2D eigenvalue weighted by atomic mass is 9.96. The van der Waals surface area contributed by atoms with Gasteiger partial charge in [-0.05, 0) is 11.8 Å². The minimum absolute atomic E-state index is 0.0717. The van der Waals surface area contributed by atoms with Crippen molar-refractivity contribution in [1.82, 2.24) is 14.0 Å². The van der Waals surface area contributed by atoms with Crippen LogP contribution in [0.1, 0.15) is 50.8 Å². The monoisotopic (exact) mass is 233 g/mol. The fraction of sp³-hybridized carbons (Fsp3) is 0.538. The van der Waals surface area contributed by atoms with Gasteiger partial charge in [0.15, 0.2) is 0 Å².